The fourth-order valence-corrected chi connectivity index (χ4v) is 2.37. The first-order chi connectivity index (χ1) is 9.86. The van der Waals surface area contributed by atoms with E-state index in [1.165, 1.54) is 0 Å². The molecule has 1 atom stereocenters. The van der Waals surface area contributed by atoms with Crippen LogP contribution in [0.4, 0.5) is 13.2 Å². The quantitative estimate of drug-likeness (QED) is 0.672. The number of rotatable bonds is 3. The van der Waals surface area contributed by atoms with Crippen molar-refractivity contribution in [3.8, 4) is 0 Å². The zero-order valence-corrected chi connectivity index (χ0v) is 11.8. The van der Waals surface area contributed by atoms with Gasteiger partial charge in [-0.1, -0.05) is 29.8 Å². The van der Waals surface area contributed by atoms with Crippen LogP contribution in [0.3, 0.4) is 0 Å². The number of alkyl halides is 3. The van der Waals surface area contributed by atoms with Gasteiger partial charge in [0.05, 0.1) is 11.6 Å². The molecule has 3 nitrogen and oxygen atoms in total. The summed E-state index contributed by atoms with van der Waals surface area (Å²) in [5, 5.41) is 0.373. The van der Waals surface area contributed by atoms with Gasteiger partial charge in [0.2, 0.25) is 0 Å². The number of nitrogens with zero attached hydrogens (tertiary/aromatic N) is 1. The van der Waals surface area contributed by atoms with Gasteiger partial charge in [0, 0.05) is 23.0 Å². The van der Waals surface area contributed by atoms with Gasteiger partial charge in [-0.2, -0.15) is 13.2 Å². The second-order valence-corrected chi connectivity index (χ2v) is 4.92. The molecule has 112 valence electrons. The molecule has 2 rings (SSSR count). The van der Waals surface area contributed by atoms with Crippen molar-refractivity contribution in [3.05, 3.63) is 63.9 Å². The molecule has 0 radical (unpaired) electrons. The highest BCUT2D eigenvalue weighted by atomic mass is 35.5. The Morgan fingerprint density at radius 3 is 2.57 bits per heavy atom. The van der Waals surface area contributed by atoms with Crippen LogP contribution in [0, 0.1) is 6.92 Å². The number of aryl methyl sites for hydroxylation is 1. The number of nitrogens with one attached hydrogen (secondary N) is 1. The zero-order chi connectivity index (χ0) is 15.6. The molecule has 2 aromatic rings. The van der Waals surface area contributed by atoms with Crippen LogP contribution in [0.5, 0.6) is 0 Å². The van der Waals surface area contributed by atoms with Gasteiger partial charge in [-0.15, -0.1) is 0 Å². The highest BCUT2D eigenvalue weighted by Crippen LogP contribution is 2.37. The van der Waals surface area contributed by atoms with Crippen molar-refractivity contribution < 1.29 is 13.2 Å². The predicted molar refractivity (Wildman–Crippen MR) is 74.6 cm³/mol. The smallest absolute Gasteiger partial charge is 0.271 e. The maximum absolute atomic E-state index is 13.1. The Kier molecular flexibility index (Phi) is 4.51. The summed E-state index contributed by atoms with van der Waals surface area (Å²) in [6.07, 6.45) is -2.26. The Balaban J connectivity index is 2.60. The third kappa shape index (κ3) is 3.18. The average molecular weight is 316 g/mol. The molecular weight excluding hydrogens is 303 g/mol. The maximum atomic E-state index is 13.1. The lowest BCUT2D eigenvalue weighted by molar-refractivity contribution is -0.138. The van der Waals surface area contributed by atoms with Gasteiger partial charge in [-0.25, -0.2) is 5.43 Å². The Morgan fingerprint density at radius 2 is 1.95 bits per heavy atom. The number of nitrogens with two attached hydrogens (primary N) is 1. The molecule has 0 amide bonds. The lowest BCUT2D eigenvalue weighted by Gasteiger charge is -2.22. The summed E-state index contributed by atoms with van der Waals surface area (Å²) in [6.45, 7) is 1.77. The largest absolute Gasteiger partial charge is 0.416 e. The van der Waals surface area contributed by atoms with Gasteiger partial charge in [-0.3, -0.25) is 10.8 Å². The van der Waals surface area contributed by atoms with Crippen molar-refractivity contribution in [1.29, 1.82) is 0 Å². The summed E-state index contributed by atoms with van der Waals surface area (Å²) in [4.78, 5) is 3.77. The van der Waals surface area contributed by atoms with E-state index in [4.69, 9.17) is 17.4 Å². The average Bonchev–Trinajstić information content (AvgIpc) is 2.44. The first-order valence-corrected chi connectivity index (χ1v) is 6.46. The predicted octanol–water partition coefficient (Wildman–Crippen LogP) is 3.61. The SMILES string of the molecule is Cc1cccc(C(NN)c2cnccc2C(F)(F)F)c1Cl. The van der Waals surface area contributed by atoms with Gasteiger partial charge >= 0.3 is 6.18 Å². The second-order valence-electron chi connectivity index (χ2n) is 4.54. The normalized spacial score (nSPS) is 13.2. The van der Waals surface area contributed by atoms with E-state index < -0.39 is 17.8 Å². The molecule has 0 aliphatic carbocycles. The van der Waals surface area contributed by atoms with Crippen molar-refractivity contribution in [2.24, 2.45) is 5.84 Å². The van der Waals surface area contributed by atoms with Gasteiger partial charge in [-0.05, 0) is 24.1 Å². The summed E-state index contributed by atoms with van der Waals surface area (Å²) in [5.74, 6) is 5.46. The van der Waals surface area contributed by atoms with Gasteiger partial charge in [0.15, 0.2) is 0 Å². The van der Waals surface area contributed by atoms with E-state index >= 15 is 0 Å². The number of aromatic nitrogens is 1. The van der Waals surface area contributed by atoms with Crippen LogP contribution < -0.4 is 11.3 Å². The number of pyridine rings is 1. The topological polar surface area (TPSA) is 50.9 Å². The van der Waals surface area contributed by atoms with Crippen molar-refractivity contribution in [2.45, 2.75) is 19.1 Å². The lowest BCUT2D eigenvalue weighted by atomic mass is 9.95. The van der Waals surface area contributed by atoms with Crippen LogP contribution in [0.25, 0.3) is 0 Å². The molecule has 0 spiro atoms. The monoisotopic (exact) mass is 315 g/mol. The summed E-state index contributed by atoms with van der Waals surface area (Å²) in [6, 6.07) is 5.14. The number of hydrogen-bond acceptors (Lipinski definition) is 3. The Hall–Kier alpha value is -1.63. The summed E-state index contributed by atoms with van der Waals surface area (Å²) in [7, 11) is 0. The molecule has 1 aromatic carbocycles. The molecule has 3 N–H and O–H groups in total. The summed E-state index contributed by atoms with van der Waals surface area (Å²) in [5.41, 5.74) is 2.75. The molecule has 21 heavy (non-hydrogen) atoms. The number of hydrazine groups is 1. The number of hydrogen-bond donors (Lipinski definition) is 2. The lowest BCUT2D eigenvalue weighted by Crippen LogP contribution is -2.31. The first kappa shape index (κ1) is 15.8. The molecular formula is C14H13ClF3N3. The van der Waals surface area contributed by atoms with Crippen LogP contribution in [0.1, 0.15) is 28.3 Å². The van der Waals surface area contributed by atoms with E-state index in [9.17, 15) is 13.2 Å². The molecule has 1 unspecified atom stereocenters. The minimum absolute atomic E-state index is 0.0694. The molecule has 7 heteroatoms. The van der Waals surface area contributed by atoms with Crippen molar-refractivity contribution in [3.63, 3.8) is 0 Å². The van der Waals surface area contributed by atoms with Crippen LogP contribution in [-0.2, 0) is 6.18 Å². The van der Waals surface area contributed by atoms with Crippen molar-refractivity contribution in [1.82, 2.24) is 10.4 Å². The van der Waals surface area contributed by atoms with Crippen LogP contribution >= 0.6 is 11.6 Å². The molecule has 0 saturated carbocycles. The molecule has 0 aliphatic rings. The zero-order valence-electron chi connectivity index (χ0n) is 11.1. The highest BCUT2D eigenvalue weighted by molar-refractivity contribution is 6.32. The molecule has 1 heterocycles. The van der Waals surface area contributed by atoms with E-state index in [0.29, 0.717) is 10.6 Å². The van der Waals surface area contributed by atoms with Crippen molar-refractivity contribution >= 4 is 11.6 Å². The second kappa shape index (κ2) is 6.01. The fraction of sp³-hybridized carbons (Fsp3) is 0.214. The van der Waals surface area contributed by atoms with Gasteiger partial charge in [0.1, 0.15) is 0 Å². The van der Waals surface area contributed by atoms with Crippen LogP contribution in [0.2, 0.25) is 5.02 Å². The molecule has 0 aliphatic heterocycles. The highest BCUT2D eigenvalue weighted by Gasteiger charge is 2.35. The van der Waals surface area contributed by atoms with Crippen molar-refractivity contribution in [2.75, 3.05) is 0 Å². The maximum Gasteiger partial charge on any atom is 0.416 e. The Morgan fingerprint density at radius 1 is 1.24 bits per heavy atom. The van der Waals surface area contributed by atoms with E-state index in [1.54, 1.807) is 25.1 Å². The number of halogens is 4. The van der Waals surface area contributed by atoms with E-state index in [1.807, 2.05) is 0 Å². The molecule has 0 bridgehead atoms. The minimum Gasteiger partial charge on any atom is -0.271 e. The van der Waals surface area contributed by atoms with Crippen LogP contribution in [0.15, 0.2) is 36.7 Å². The fourth-order valence-electron chi connectivity index (χ4n) is 2.14. The Labute approximate surface area is 124 Å². The standard InChI is InChI=1S/C14H13ClF3N3/c1-8-3-2-4-9(12(8)15)13(21-19)10-7-20-6-5-11(10)14(16,17)18/h2-7,13,21H,19H2,1H3. The minimum atomic E-state index is -4.50. The van der Waals surface area contributed by atoms with Crippen LogP contribution in [-0.4, -0.2) is 4.98 Å². The third-order valence-corrected chi connectivity index (χ3v) is 3.68. The molecule has 0 saturated heterocycles. The molecule has 1 aromatic heterocycles. The Bertz CT molecular complexity index is 644. The van der Waals surface area contributed by atoms with E-state index in [-0.39, 0.29) is 5.56 Å². The van der Waals surface area contributed by atoms with E-state index in [2.05, 4.69) is 10.4 Å². The van der Waals surface area contributed by atoms with Gasteiger partial charge in [0.25, 0.3) is 0 Å². The summed E-state index contributed by atoms with van der Waals surface area (Å²) >= 11 is 6.19. The van der Waals surface area contributed by atoms with E-state index in [0.717, 1.165) is 24.0 Å². The summed E-state index contributed by atoms with van der Waals surface area (Å²) < 4.78 is 39.3. The van der Waals surface area contributed by atoms with Gasteiger partial charge < -0.3 is 0 Å². The first-order valence-electron chi connectivity index (χ1n) is 6.08. The molecule has 0 fully saturated rings. The third-order valence-electron chi connectivity index (χ3n) is 3.17. The number of benzene rings is 1.